The van der Waals surface area contributed by atoms with E-state index in [0.29, 0.717) is 59.0 Å². The van der Waals surface area contributed by atoms with E-state index in [1.807, 2.05) is 25.7 Å². The maximum Gasteiger partial charge on any atom is 0.246 e. The van der Waals surface area contributed by atoms with Gasteiger partial charge in [0.2, 0.25) is 11.8 Å². The monoisotopic (exact) mass is 463 g/mol. The van der Waals surface area contributed by atoms with Gasteiger partial charge in [-0.3, -0.25) is 14.5 Å². The number of hydrogen-bond acceptors (Lipinski definition) is 8. The Morgan fingerprint density at radius 1 is 1.00 bits per heavy atom. The summed E-state index contributed by atoms with van der Waals surface area (Å²) in [5.74, 6) is -0.209. The maximum absolute atomic E-state index is 11.6. The molecule has 1 aliphatic rings. The number of ether oxygens (including phenoxy) is 4. The third kappa shape index (κ3) is 16.3. The lowest BCUT2D eigenvalue weighted by Gasteiger charge is -2.35. The SMILES string of the molecule is CC.CCNC(=O)CCC(O)N1CCC(OCCOCC(=O)NCCOCCOC)CC1. The highest BCUT2D eigenvalue weighted by molar-refractivity contribution is 5.77. The molecule has 0 aromatic heterocycles. The van der Waals surface area contributed by atoms with Crippen molar-refractivity contribution in [2.45, 2.75) is 58.8 Å². The van der Waals surface area contributed by atoms with Gasteiger partial charge in [0.15, 0.2) is 0 Å². The Balaban J connectivity index is 0.00000466. The normalized spacial score (nSPS) is 15.5. The Morgan fingerprint density at radius 3 is 2.34 bits per heavy atom. The number of carbonyl (C=O) groups is 2. The smallest absolute Gasteiger partial charge is 0.246 e. The van der Waals surface area contributed by atoms with Crippen molar-refractivity contribution in [3.8, 4) is 0 Å². The minimum absolute atomic E-state index is 0.00231. The van der Waals surface area contributed by atoms with Gasteiger partial charge < -0.3 is 34.7 Å². The van der Waals surface area contributed by atoms with Crippen molar-refractivity contribution in [3.63, 3.8) is 0 Å². The van der Waals surface area contributed by atoms with Crippen molar-refractivity contribution in [1.82, 2.24) is 15.5 Å². The number of methoxy groups -OCH3 is 1. The number of hydrogen-bond donors (Lipinski definition) is 3. The lowest BCUT2D eigenvalue weighted by molar-refractivity contribution is -0.127. The van der Waals surface area contributed by atoms with Crippen LogP contribution in [0.4, 0.5) is 0 Å². The van der Waals surface area contributed by atoms with Gasteiger partial charge >= 0.3 is 0 Å². The van der Waals surface area contributed by atoms with E-state index in [4.69, 9.17) is 18.9 Å². The molecule has 0 aromatic rings. The van der Waals surface area contributed by atoms with E-state index in [1.54, 1.807) is 7.11 Å². The van der Waals surface area contributed by atoms with Crippen LogP contribution < -0.4 is 10.6 Å². The molecule has 0 spiro atoms. The van der Waals surface area contributed by atoms with Gasteiger partial charge in [-0.15, -0.1) is 0 Å². The molecular weight excluding hydrogens is 418 g/mol. The Kier molecular flexibility index (Phi) is 20.7. The van der Waals surface area contributed by atoms with Crippen LogP contribution in [0.1, 0.15) is 46.5 Å². The highest BCUT2D eigenvalue weighted by atomic mass is 16.5. The van der Waals surface area contributed by atoms with Crippen LogP contribution in [0, 0.1) is 0 Å². The average Bonchev–Trinajstić information content (AvgIpc) is 2.81. The summed E-state index contributed by atoms with van der Waals surface area (Å²) in [6, 6.07) is 0. The first-order valence-electron chi connectivity index (χ1n) is 11.8. The summed E-state index contributed by atoms with van der Waals surface area (Å²) in [7, 11) is 1.61. The molecular formula is C22H45N3O7. The number of aliphatic hydroxyl groups is 1. The molecule has 1 rings (SSSR count). The summed E-state index contributed by atoms with van der Waals surface area (Å²) in [5.41, 5.74) is 0. The van der Waals surface area contributed by atoms with Crippen LogP contribution in [0.5, 0.6) is 0 Å². The van der Waals surface area contributed by atoms with Gasteiger partial charge in [-0.1, -0.05) is 13.8 Å². The van der Waals surface area contributed by atoms with Gasteiger partial charge in [0, 0.05) is 39.7 Å². The van der Waals surface area contributed by atoms with Crippen LogP contribution in [0.15, 0.2) is 0 Å². The van der Waals surface area contributed by atoms with E-state index in [2.05, 4.69) is 10.6 Å². The summed E-state index contributed by atoms with van der Waals surface area (Å²) in [6.45, 7) is 10.7. The molecule has 1 heterocycles. The number of carbonyl (C=O) groups excluding carboxylic acids is 2. The summed E-state index contributed by atoms with van der Waals surface area (Å²) in [5, 5.41) is 15.7. The molecule has 0 aliphatic carbocycles. The molecule has 10 nitrogen and oxygen atoms in total. The number of nitrogens with zero attached hydrogens (tertiary/aromatic N) is 1. The third-order valence-electron chi connectivity index (χ3n) is 4.72. The lowest BCUT2D eigenvalue weighted by atomic mass is 10.1. The van der Waals surface area contributed by atoms with Crippen molar-refractivity contribution in [1.29, 1.82) is 0 Å². The second-order valence-corrected chi connectivity index (χ2v) is 7.09. The van der Waals surface area contributed by atoms with Crippen LogP contribution in [0.3, 0.4) is 0 Å². The van der Waals surface area contributed by atoms with Crippen molar-refractivity contribution in [2.24, 2.45) is 0 Å². The topological polar surface area (TPSA) is 119 Å². The lowest BCUT2D eigenvalue weighted by Crippen LogP contribution is -2.44. The minimum atomic E-state index is -0.597. The molecule has 1 unspecified atom stereocenters. The average molecular weight is 464 g/mol. The fraction of sp³-hybridized carbons (Fsp3) is 0.909. The number of nitrogens with one attached hydrogen (secondary N) is 2. The number of aliphatic hydroxyl groups excluding tert-OH is 1. The first kappa shape index (κ1) is 30.7. The first-order valence-corrected chi connectivity index (χ1v) is 11.8. The molecule has 1 fully saturated rings. The minimum Gasteiger partial charge on any atom is -0.382 e. The predicted molar refractivity (Wildman–Crippen MR) is 122 cm³/mol. The van der Waals surface area contributed by atoms with Gasteiger partial charge in [-0.2, -0.15) is 0 Å². The fourth-order valence-electron chi connectivity index (χ4n) is 3.07. The molecule has 1 aliphatic heterocycles. The fourth-order valence-corrected chi connectivity index (χ4v) is 3.07. The zero-order valence-corrected chi connectivity index (χ0v) is 20.4. The van der Waals surface area contributed by atoms with Crippen molar-refractivity contribution in [2.75, 3.05) is 72.9 Å². The zero-order chi connectivity index (χ0) is 24.0. The van der Waals surface area contributed by atoms with Gasteiger partial charge in [-0.05, 0) is 26.2 Å². The van der Waals surface area contributed by atoms with E-state index < -0.39 is 6.23 Å². The van der Waals surface area contributed by atoms with E-state index in [9.17, 15) is 14.7 Å². The molecule has 0 saturated carbocycles. The van der Waals surface area contributed by atoms with Gasteiger partial charge in [0.25, 0.3) is 0 Å². The van der Waals surface area contributed by atoms with E-state index in [1.165, 1.54) is 0 Å². The predicted octanol–water partition coefficient (Wildman–Crippen LogP) is 0.524. The molecule has 3 N–H and O–H groups in total. The molecule has 2 amide bonds. The summed E-state index contributed by atoms with van der Waals surface area (Å²) < 4.78 is 21.2. The first-order chi connectivity index (χ1) is 15.6. The summed E-state index contributed by atoms with van der Waals surface area (Å²) >= 11 is 0. The number of piperidine rings is 1. The van der Waals surface area contributed by atoms with Crippen molar-refractivity contribution in [3.05, 3.63) is 0 Å². The molecule has 190 valence electrons. The number of rotatable bonds is 17. The van der Waals surface area contributed by atoms with Crippen molar-refractivity contribution >= 4 is 11.8 Å². The standard InChI is InChI=1S/C20H39N3O7.C2H6/c1-3-21-18(24)4-5-20(26)23-9-6-17(7-10-23)30-15-14-29-16-19(25)22-8-11-28-13-12-27-2;1-2/h17,20,26H,3-16H2,1-2H3,(H,21,24)(H,22,25);1-2H3. The van der Waals surface area contributed by atoms with Gasteiger partial charge in [0.1, 0.15) is 12.8 Å². The largest absolute Gasteiger partial charge is 0.382 e. The Hall–Kier alpha value is -1.30. The van der Waals surface area contributed by atoms with E-state index >= 15 is 0 Å². The second kappa shape index (κ2) is 21.5. The molecule has 0 bridgehead atoms. The molecule has 32 heavy (non-hydrogen) atoms. The van der Waals surface area contributed by atoms with E-state index in [-0.39, 0.29) is 24.5 Å². The van der Waals surface area contributed by atoms with Crippen LogP contribution in [0.2, 0.25) is 0 Å². The second-order valence-electron chi connectivity index (χ2n) is 7.09. The molecule has 10 heteroatoms. The van der Waals surface area contributed by atoms with Crippen LogP contribution in [-0.2, 0) is 28.5 Å². The number of amides is 2. The molecule has 1 saturated heterocycles. The van der Waals surface area contributed by atoms with Crippen molar-refractivity contribution < 1.29 is 33.6 Å². The summed E-state index contributed by atoms with van der Waals surface area (Å²) in [6.07, 6.45) is 1.94. The van der Waals surface area contributed by atoms with Gasteiger partial charge in [-0.25, -0.2) is 0 Å². The molecule has 0 aromatic carbocycles. The molecule has 1 atom stereocenters. The Morgan fingerprint density at radius 2 is 1.69 bits per heavy atom. The maximum atomic E-state index is 11.6. The summed E-state index contributed by atoms with van der Waals surface area (Å²) in [4.78, 5) is 25.1. The molecule has 0 radical (unpaired) electrons. The zero-order valence-electron chi connectivity index (χ0n) is 20.4. The highest BCUT2D eigenvalue weighted by Crippen LogP contribution is 2.17. The third-order valence-corrected chi connectivity index (χ3v) is 4.72. The van der Waals surface area contributed by atoms with E-state index in [0.717, 1.165) is 25.9 Å². The quantitative estimate of drug-likeness (QED) is 0.267. The van der Waals surface area contributed by atoms with Crippen LogP contribution >= 0.6 is 0 Å². The van der Waals surface area contributed by atoms with Crippen LogP contribution in [0.25, 0.3) is 0 Å². The highest BCUT2D eigenvalue weighted by Gasteiger charge is 2.24. The number of likely N-dealkylation sites (tertiary alicyclic amines) is 1. The van der Waals surface area contributed by atoms with Gasteiger partial charge in [0.05, 0.1) is 39.1 Å². The van der Waals surface area contributed by atoms with Crippen LogP contribution in [-0.4, -0.2) is 107 Å². The Bertz CT molecular complexity index is 461. The Labute approximate surface area is 193 Å².